The fourth-order valence-corrected chi connectivity index (χ4v) is 3.04. The lowest BCUT2D eigenvalue weighted by Gasteiger charge is -2.34. The summed E-state index contributed by atoms with van der Waals surface area (Å²) in [6, 6.07) is 0. The Kier molecular flexibility index (Phi) is 4.62. The molecule has 1 aliphatic carbocycles. The average molecular weight is 282 g/mol. The maximum absolute atomic E-state index is 12.1. The molecule has 1 saturated carbocycles. The van der Waals surface area contributed by atoms with Gasteiger partial charge < -0.3 is 15.4 Å². The molecule has 1 atom stereocenters. The zero-order valence-electron chi connectivity index (χ0n) is 13.3. The minimum absolute atomic E-state index is 0.151. The Labute approximate surface area is 123 Å². The van der Waals surface area contributed by atoms with Crippen molar-refractivity contribution in [2.45, 2.75) is 64.9 Å². The first-order valence-corrected chi connectivity index (χ1v) is 8.02. The van der Waals surface area contributed by atoms with Crippen molar-refractivity contribution >= 4 is 6.09 Å². The van der Waals surface area contributed by atoms with Gasteiger partial charge in [0, 0.05) is 13.1 Å². The van der Waals surface area contributed by atoms with Gasteiger partial charge in [-0.05, 0) is 77.2 Å². The molecule has 0 bridgehead atoms. The van der Waals surface area contributed by atoms with Gasteiger partial charge in [-0.2, -0.15) is 0 Å². The highest BCUT2D eigenvalue weighted by molar-refractivity contribution is 5.68. The van der Waals surface area contributed by atoms with Crippen LogP contribution in [0.15, 0.2) is 0 Å². The Balaban J connectivity index is 1.78. The second kappa shape index (κ2) is 5.92. The molecule has 4 nitrogen and oxygen atoms in total. The summed E-state index contributed by atoms with van der Waals surface area (Å²) >= 11 is 0. The second-order valence-electron chi connectivity index (χ2n) is 7.68. The molecule has 0 spiro atoms. The largest absolute Gasteiger partial charge is 0.444 e. The Bertz CT molecular complexity index is 345. The van der Waals surface area contributed by atoms with E-state index in [-0.39, 0.29) is 6.09 Å². The van der Waals surface area contributed by atoms with Gasteiger partial charge in [0.15, 0.2) is 0 Å². The first-order chi connectivity index (χ1) is 9.34. The van der Waals surface area contributed by atoms with Gasteiger partial charge in [0.1, 0.15) is 5.60 Å². The molecule has 4 heteroatoms. The molecule has 1 amide bonds. The van der Waals surface area contributed by atoms with Crippen LogP contribution in [0.5, 0.6) is 0 Å². The van der Waals surface area contributed by atoms with Gasteiger partial charge in [-0.25, -0.2) is 4.79 Å². The predicted molar refractivity (Wildman–Crippen MR) is 80.5 cm³/mol. The molecule has 0 radical (unpaired) electrons. The number of piperidine rings is 1. The van der Waals surface area contributed by atoms with Gasteiger partial charge in [0.25, 0.3) is 0 Å². The highest BCUT2D eigenvalue weighted by Crippen LogP contribution is 2.49. The molecule has 116 valence electrons. The third-order valence-corrected chi connectivity index (χ3v) is 4.64. The number of rotatable bonds is 4. The summed E-state index contributed by atoms with van der Waals surface area (Å²) in [7, 11) is 0. The van der Waals surface area contributed by atoms with Crippen molar-refractivity contribution in [3.8, 4) is 0 Å². The predicted octanol–water partition coefficient (Wildman–Crippen LogP) is 3.15. The smallest absolute Gasteiger partial charge is 0.410 e. The average Bonchev–Trinajstić information content (AvgIpc) is 3.15. The number of ether oxygens (including phenoxy) is 1. The molecule has 1 heterocycles. The summed E-state index contributed by atoms with van der Waals surface area (Å²) in [5.41, 5.74) is 5.90. The van der Waals surface area contributed by atoms with Crippen LogP contribution >= 0.6 is 0 Å². The number of nitrogens with two attached hydrogens (primary N) is 1. The summed E-state index contributed by atoms with van der Waals surface area (Å²) in [5.74, 6) is 0.625. The van der Waals surface area contributed by atoms with Crippen molar-refractivity contribution < 1.29 is 9.53 Å². The third kappa shape index (κ3) is 4.37. The molecule has 2 N–H and O–H groups in total. The van der Waals surface area contributed by atoms with Crippen molar-refractivity contribution in [1.29, 1.82) is 0 Å². The SMILES string of the molecule is CC(C)(C)OC(=O)N1CCCC(CCC2(CN)CC2)C1. The second-order valence-corrected chi connectivity index (χ2v) is 7.68. The molecule has 20 heavy (non-hydrogen) atoms. The molecule has 1 saturated heterocycles. The minimum Gasteiger partial charge on any atom is -0.444 e. The van der Waals surface area contributed by atoms with E-state index in [1.165, 1.54) is 32.1 Å². The zero-order chi connectivity index (χ0) is 14.8. The summed E-state index contributed by atoms with van der Waals surface area (Å²) in [4.78, 5) is 14.0. The van der Waals surface area contributed by atoms with Gasteiger partial charge in [-0.3, -0.25) is 0 Å². The topological polar surface area (TPSA) is 55.6 Å². The molecule has 2 rings (SSSR count). The first-order valence-electron chi connectivity index (χ1n) is 8.02. The van der Waals surface area contributed by atoms with Gasteiger partial charge in [0.2, 0.25) is 0 Å². The Morgan fingerprint density at radius 2 is 2.10 bits per heavy atom. The van der Waals surface area contributed by atoms with Crippen molar-refractivity contribution in [3.63, 3.8) is 0 Å². The Hall–Kier alpha value is -0.770. The van der Waals surface area contributed by atoms with Crippen LogP contribution in [0.25, 0.3) is 0 Å². The van der Waals surface area contributed by atoms with E-state index in [1.807, 2.05) is 25.7 Å². The van der Waals surface area contributed by atoms with Crippen LogP contribution in [-0.4, -0.2) is 36.2 Å². The van der Waals surface area contributed by atoms with E-state index >= 15 is 0 Å². The van der Waals surface area contributed by atoms with Crippen molar-refractivity contribution in [1.82, 2.24) is 4.90 Å². The molecule has 0 aromatic rings. The van der Waals surface area contributed by atoms with Crippen LogP contribution in [0.1, 0.15) is 59.3 Å². The summed E-state index contributed by atoms with van der Waals surface area (Å²) in [6.45, 7) is 8.29. The lowest BCUT2D eigenvalue weighted by Crippen LogP contribution is -2.43. The monoisotopic (exact) mass is 282 g/mol. The number of carbonyl (C=O) groups excluding carboxylic acids is 1. The van der Waals surface area contributed by atoms with Crippen LogP contribution in [0.4, 0.5) is 4.79 Å². The molecular formula is C16H30N2O2. The molecular weight excluding hydrogens is 252 g/mol. The molecule has 2 fully saturated rings. The van der Waals surface area contributed by atoms with Gasteiger partial charge in [-0.15, -0.1) is 0 Å². The van der Waals surface area contributed by atoms with E-state index in [4.69, 9.17) is 10.5 Å². The van der Waals surface area contributed by atoms with Crippen molar-refractivity contribution in [3.05, 3.63) is 0 Å². The van der Waals surface area contributed by atoms with Crippen LogP contribution < -0.4 is 5.73 Å². The zero-order valence-corrected chi connectivity index (χ0v) is 13.3. The standard InChI is InChI=1S/C16H30N2O2/c1-15(2,3)20-14(19)18-10-4-5-13(11-18)6-7-16(12-17)8-9-16/h13H,4-12,17H2,1-3H3. The summed E-state index contributed by atoms with van der Waals surface area (Å²) in [5, 5.41) is 0. The van der Waals surface area contributed by atoms with Gasteiger partial charge in [0.05, 0.1) is 0 Å². The maximum Gasteiger partial charge on any atom is 0.410 e. The molecule has 1 aliphatic heterocycles. The summed E-state index contributed by atoms with van der Waals surface area (Å²) in [6.07, 6.45) is 7.21. The van der Waals surface area contributed by atoms with E-state index in [0.29, 0.717) is 11.3 Å². The lowest BCUT2D eigenvalue weighted by molar-refractivity contribution is 0.0158. The van der Waals surface area contributed by atoms with Crippen LogP contribution in [0.3, 0.4) is 0 Å². The first kappa shape index (κ1) is 15.6. The highest BCUT2D eigenvalue weighted by atomic mass is 16.6. The quantitative estimate of drug-likeness (QED) is 0.861. The number of carbonyl (C=O) groups is 1. The van der Waals surface area contributed by atoms with Gasteiger partial charge in [-0.1, -0.05) is 0 Å². The van der Waals surface area contributed by atoms with Crippen molar-refractivity contribution in [2.75, 3.05) is 19.6 Å². The normalized spacial score (nSPS) is 25.4. The fraction of sp³-hybridized carbons (Fsp3) is 0.938. The van der Waals surface area contributed by atoms with Crippen molar-refractivity contribution in [2.24, 2.45) is 17.1 Å². The van der Waals surface area contributed by atoms with E-state index in [0.717, 1.165) is 26.1 Å². The van der Waals surface area contributed by atoms with Crippen LogP contribution in [0.2, 0.25) is 0 Å². The van der Waals surface area contributed by atoms with E-state index in [1.54, 1.807) is 0 Å². The third-order valence-electron chi connectivity index (χ3n) is 4.64. The summed E-state index contributed by atoms with van der Waals surface area (Å²) < 4.78 is 5.47. The number of likely N-dealkylation sites (tertiary alicyclic amines) is 1. The number of nitrogens with zero attached hydrogens (tertiary/aromatic N) is 1. The molecule has 0 aromatic heterocycles. The Morgan fingerprint density at radius 3 is 2.65 bits per heavy atom. The molecule has 2 aliphatic rings. The van der Waals surface area contributed by atoms with E-state index in [2.05, 4.69) is 0 Å². The van der Waals surface area contributed by atoms with Gasteiger partial charge >= 0.3 is 6.09 Å². The highest BCUT2D eigenvalue weighted by Gasteiger charge is 2.41. The van der Waals surface area contributed by atoms with E-state index < -0.39 is 5.60 Å². The fourth-order valence-electron chi connectivity index (χ4n) is 3.04. The van der Waals surface area contributed by atoms with E-state index in [9.17, 15) is 4.79 Å². The lowest BCUT2D eigenvalue weighted by atomic mass is 9.88. The number of amides is 1. The van der Waals surface area contributed by atoms with Crippen LogP contribution in [-0.2, 0) is 4.74 Å². The number of hydrogen-bond acceptors (Lipinski definition) is 3. The molecule has 1 unspecified atom stereocenters. The number of hydrogen-bond donors (Lipinski definition) is 1. The maximum atomic E-state index is 12.1. The Morgan fingerprint density at radius 1 is 1.40 bits per heavy atom. The minimum atomic E-state index is -0.401. The van der Waals surface area contributed by atoms with Crippen LogP contribution in [0, 0.1) is 11.3 Å². The molecule has 0 aromatic carbocycles.